The van der Waals surface area contributed by atoms with Gasteiger partial charge in [0.25, 0.3) is 0 Å². The molecule has 2 heterocycles. The van der Waals surface area contributed by atoms with E-state index >= 15 is 0 Å². The molecular weight excluding hydrogens is 404 g/mol. The Labute approximate surface area is 188 Å². The van der Waals surface area contributed by atoms with Crippen molar-refractivity contribution in [1.29, 1.82) is 5.26 Å². The van der Waals surface area contributed by atoms with Crippen molar-refractivity contribution < 1.29 is 9.90 Å². The number of nitriles is 1. The first-order valence-corrected chi connectivity index (χ1v) is 11.1. The van der Waals surface area contributed by atoms with E-state index in [-0.39, 0.29) is 29.4 Å². The van der Waals surface area contributed by atoms with Crippen LogP contribution >= 0.6 is 0 Å². The van der Waals surface area contributed by atoms with Gasteiger partial charge in [-0.3, -0.25) is 4.79 Å². The molecule has 0 saturated heterocycles. The summed E-state index contributed by atoms with van der Waals surface area (Å²) in [6, 6.07) is 10.1. The number of anilines is 3. The molecular formula is C24H30N6O2. The van der Waals surface area contributed by atoms with Crippen LogP contribution in [0.2, 0.25) is 0 Å². The van der Waals surface area contributed by atoms with Crippen molar-refractivity contribution in [3.05, 3.63) is 41.6 Å². The van der Waals surface area contributed by atoms with Crippen LogP contribution in [0.25, 0.3) is 0 Å². The molecule has 0 radical (unpaired) electrons. The number of carbonyl (C=O) groups excluding carboxylic acids is 1. The van der Waals surface area contributed by atoms with Gasteiger partial charge in [0.1, 0.15) is 17.5 Å². The molecule has 1 aromatic heterocycles. The topological polar surface area (TPSA) is 114 Å². The molecule has 3 N–H and O–H groups in total. The number of amides is 1. The maximum absolute atomic E-state index is 12.6. The van der Waals surface area contributed by atoms with Crippen molar-refractivity contribution >= 4 is 23.4 Å². The van der Waals surface area contributed by atoms with E-state index in [0.29, 0.717) is 36.7 Å². The Kier molecular flexibility index (Phi) is 6.02. The van der Waals surface area contributed by atoms with Gasteiger partial charge in [0.15, 0.2) is 0 Å². The maximum atomic E-state index is 12.6. The number of benzene rings is 1. The van der Waals surface area contributed by atoms with Gasteiger partial charge < -0.3 is 20.6 Å². The van der Waals surface area contributed by atoms with Crippen LogP contribution in [-0.4, -0.2) is 46.7 Å². The number of carbonyl (C=O) groups is 1. The van der Waals surface area contributed by atoms with Crippen molar-refractivity contribution in [3.63, 3.8) is 0 Å². The second-order valence-electron chi connectivity index (χ2n) is 9.42. The van der Waals surface area contributed by atoms with Crippen molar-refractivity contribution in [2.45, 2.75) is 57.6 Å². The Hall–Kier alpha value is -3.18. The first-order valence-electron chi connectivity index (χ1n) is 11.1. The van der Waals surface area contributed by atoms with E-state index in [4.69, 9.17) is 0 Å². The van der Waals surface area contributed by atoms with Gasteiger partial charge in [-0.2, -0.15) is 10.2 Å². The zero-order valence-electron chi connectivity index (χ0n) is 18.8. The molecule has 0 spiro atoms. The second-order valence-corrected chi connectivity index (χ2v) is 9.42. The zero-order valence-corrected chi connectivity index (χ0v) is 18.8. The first kappa shape index (κ1) is 22.0. The molecule has 1 aliphatic carbocycles. The van der Waals surface area contributed by atoms with Gasteiger partial charge in [-0.25, -0.2) is 4.98 Å². The van der Waals surface area contributed by atoms with Crippen LogP contribution < -0.4 is 15.5 Å². The normalized spacial score (nSPS) is 24.0. The van der Waals surface area contributed by atoms with Crippen LogP contribution in [0.5, 0.6) is 0 Å². The third-order valence-electron chi connectivity index (χ3n) is 6.73. The lowest BCUT2D eigenvalue weighted by molar-refractivity contribution is -0.119. The predicted octanol–water partition coefficient (Wildman–Crippen LogP) is 3.26. The van der Waals surface area contributed by atoms with Gasteiger partial charge in [-0.15, -0.1) is 0 Å². The molecule has 32 heavy (non-hydrogen) atoms. The molecule has 1 aromatic carbocycles. The van der Waals surface area contributed by atoms with Crippen LogP contribution in [0.1, 0.15) is 56.6 Å². The summed E-state index contributed by atoms with van der Waals surface area (Å²) in [5.74, 6) is 0.840. The number of rotatable bonds is 6. The second kappa shape index (κ2) is 8.75. The summed E-state index contributed by atoms with van der Waals surface area (Å²) in [6.45, 7) is 4.65. The number of aromatic nitrogens is 2. The maximum Gasteiger partial charge on any atom is 0.234 e. The largest absolute Gasteiger partial charge is 0.393 e. The van der Waals surface area contributed by atoms with E-state index in [1.54, 1.807) is 4.90 Å². The number of nitrogens with zero attached hydrogens (tertiary/aromatic N) is 4. The van der Waals surface area contributed by atoms with Crippen LogP contribution in [0.4, 0.5) is 17.5 Å². The van der Waals surface area contributed by atoms with E-state index in [1.807, 2.05) is 31.3 Å². The molecule has 3 atom stereocenters. The van der Waals surface area contributed by atoms with E-state index in [9.17, 15) is 15.2 Å². The predicted molar refractivity (Wildman–Crippen MR) is 123 cm³/mol. The summed E-state index contributed by atoms with van der Waals surface area (Å²) < 4.78 is 0. The number of hydrogen-bond acceptors (Lipinski definition) is 7. The van der Waals surface area contributed by atoms with Crippen molar-refractivity contribution in [2.75, 3.05) is 29.1 Å². The Balaban J connectivity index is 1.41. The van der Waals surface area contributed by atoms with Crippen LogP contribution in [0.15, 0.2) is 30.5 Å². The third-order valence-corrected chi connectivity index (χ3v) is 6.73. The minimum absolute atomic E-state index is 0.0956. The van der Waals surface area contributed by atoms with E-state index in [2.05, 4.69) is 40.5 Å². The summed E-state index contributed by atoms with van der Waals surface area (Å²) in [4.78, 5) is 23.2. The highest BCUT2D eigenvalue weighted by Crippen LogP contribution is 2.38. The van der Waals surface area contributed by atoms with Gasteiger partial charge in [-0.05, 0) is 42.7 Å². The van der Waals surface area contributed by atoms with Gasteiger partial charge >= 0.3 is 0 Å². The quantitative estimate of drug-likeness (QED) is 0.639. The molecule has 2 aromatic rings. The number of hydrogen-bond donors (Lipinski definition) is 3. The van der Waals surface area contributed by atoms with Crippen molar-refractivity contribution in [1.82, 2.24) is 9.97 Å². The number of fused-ring (bicyclic) bond motifs is 1. The fraction of sp³-hybridized carbons (Fsp3) is 0.500. The minimum atomic E-state index is -0.318. The summed E-state index contributed by atoms with van der Waals surface area (Å²) in [6.07, 6.45) is 4.15. The Morgan fingerprint density at radius 2 is 2.09 bits per heavy atom. The molecule has 4 rings (SSSR count). The Morgan fingerprint density at radius 1 is 1.31 bits per heavy atom. The molecule has 1 unspecified atom stereocenters. The summed E-state index contributed by atoms with van der Waals surface area (Å²) in [7, 11) is 1.81. The smallest absolute Gasteiger partial charge is 0.234 e. The van der Waals surface area contributed by atoms with E-state index in [0.717, 1.165) is 24.1 Å². The highest BCUT2D eigenvalue weighted by molar-refractivity contribution is 6.04. The average molecular weight is 435 g/mol. The number of aliphatic hydroxyl groups excluding tert-OH is 1. The molecule has 8 nitrogen and oxygen atoms in total. The van der Waals surface area contributed by atoms with Crippen LogP contribution in [-0.2, 0) is 4.79 Å². The van der Waals surface area contributed by atoms with Gasteiger partial charge in [0, 0.05) is 25.3 Å². The number of aliphatic hydroxyl groups is 1. The Morgan fingerprint density at radius 3 is 2.84 bits per heavy atom. The monoisotopic (exact) mass is 434 g/mol. The number of nitrogens with one attached hydrogen (secondary N) is 2. The highest BCUT2D eigenvalue weighted by atomic mass is 16.3. The van der Waals surface area contributed by atoms with E-state index in [1.165, 1.54) is 6.20 Å². The zero-order chi connectivity index (χ0) is 22.9. The fourth-order valence-corrected chi connectivity index (χ4v) is 4.78. The van der Waals surface area contributed by atoms with Crippen LogP contribution in [0.3, 0.4) is 0 Å². The lowest BCUT2D eigenvalue weighted by Crippen LogP contribution is -2.41. The molecule has 1 saturated carbocycles. The lowest BCUT2D eigenvalue weighted by Gasteiger charge is -2.40. The first-order chi connectivity index (χ1) is 15.3. The lowest BCUT2D eigenvalue weighted by atomic mass is 9.73. The molecule has 1 fully saturated rings. The molecule has 8 heteroatoms. The summed E-state index contributed by atoms with van der Waals surface area (Å²) >= 11 is 0. The third kappa shape index (κ3) is 4.26. The van der Waals surface area contributed by atoms with Crippen LogP contribution in [0, 0.1) is 16.7 Å². The molecule has 168 valence electrons. The molecule has 1 aliphatic heterocycles. The molecule has 2 aliphatic rings. The number of likely N-dealkylation sites (N-methyl/N-ethyl adjacent to an activating group) is 1. The summed E-state index contributed by atoms with van der Waals surface area (Å²) in [5, 5.41) is 26.3. The van der Waals surface area contributed by atoms with E-state index < -0.39 is 0 Å². The molecule has 0 bridgehead atoms. The average Bonchev–Trinajstić information content (AvgIpc) is 3.01. The fourth-order valence-electron chi connectivity index (χ4n) is 4.78. The number of para-hydroxylation sites is 1. The SMILES string of the molecule is CN1C(=O)C(CCNc2ncc(C#N)c(N[C@@H]3CC[C@H](O)C(C)(C)C3)n2)c2ccccc21. The van der Waals surface area contributed by atoms with Gasteiger partial charge in [0.2, 0.25) is 11.9 Å². The standard InChI is InChI=1S/C24H30N6O2/c1-24(2)12-16(8-9-20(24)31)28-21-15(13-25)14-27-23(29-21)26-11-10-18-17-6-4-5-7-19(17)30(3)22(18)32/h4-7,14,16,18,20,31H,8-12H2,1-3H3,(H2,26,27,28,29)/t16-,18?,20+/m1/s1. The van der Waals surface area contributed by atoms with Crippen molar-refractivity contribution in [2.24, 2.45) is 5.41 Å². The Bertz CT molecular complexity index is 1050. The molecule has 1 amide bonds. The van der Waals surface area contributed by atoms with Gasteiger partial charge in [-0.1, -0.05) is 32.0 Å². The summed E-state index contributed by atoms with van der Waals surface area (Å²) in [5.41, 5.74) is 2.21. The van der Waals surface area contributed by atoms with Gasteiger partial charge in [0.05, 0.1) is 18.2 Å². The highest BCUT2D eigenvalue weighted by Gasteiger charge is 2.36. The van der Waals surface area contributed by atoms with Crippen molar-refractivity contribution in [3.8, 4) is 6.07 Å². The minimum Gasteiger partial charge on any atom is -0.393 e.